The van der Waals surface area contributed by atoms with Crippen molar-refractivity contribution < 1.29 is 9.18 Å². The Morgan fingerprint density at radius 3 is 2.67 bits per heavy atom. The van der Waals surface area contributed by atoms with Gasteiger partial charge < -0.3 is 0 Å². The van der Waals surface area contributed by atoms with Gasteiger partial charge in [-0.1, -0.05) is 39.7 Å². The van der Waals surface area contributed by atoms with Crippen LogP contribution in [-0.4, -0.2) is 20.5 Å². The van der Waals surface area contributed by atoms with Crippen LogP contribution in [0, 0.1) is 12.7 Å². The number of nitrogens with zero attached hydrogens (tertiary/aromatic N) is 3. The Kier molecular flexibility index (Phi) is 4.78. The Labute approximate surface area is 151 Å². The molecular formula is C17H12BrClFN3O. The van der Waals surface area contributed by atoms with Crippen molar-refractivity contribution in [3.8, 4) is 5.69 Å². The molecule has 0 saturated carbocycles. The highest BCUT2D eigenvalue weighted by molar-refractivity contribution is 9.08. The summed E-state index contributed by atoms with van der Waals surface area (Å²) >= 11 is 9.42. The lowest BCUT2D eigenvalue weighted by Gasteiger charge is -2.13. The van der Waals surface area contributed by atoms with Crippen LogP contribution in [0.4, 0.5) is 4.39 Å². The average molecular weight is 409 g/mol. The summed E-state index contributed by atoms with van der Waals surface area (Å²) in [5, 5.41) is 8.97. The monoisotopic (exact) mass is 407 g/mol. The van der Waals surface area contributed by atoms with Crippen molar-refractivity contribution in [2.45, 2.75) is 12.3 Å². The van der Waals surface area contributed by atoms with E-state index in [9.17, 15) is 9.18 Å². The lowest BCUT2D eigenvalue weighted by atomic mass is 10.0. The number of carbonyl (C=O) groups is 1. The number of benzene rings is 2. The minimum Gasteiger partial charge on any atom is -0.288 e. The van der Waals surface area contributed by atoms with Gasteiger partial charge in [0.05, 0.1) is 16.6 Å². The summed E-state index contributed by atoms with van der Waals surface area (Å²) in [6, 6.07) is 10.8. The summed E-state index contributed by atoms with van der Waals surface area (Å²) in [5.41, 5.74) is 0.842. The van der Waals surface area contributed by atoms with E-state index in [1.54, 1.807) is 29.7 Å². The first-order chi connectivity index (χ1) is 11.5. The summed E-state index contributed by atoms with van der Waals surface area (Å²) in [6.45, 7) is 1.78. The molecule has 0 radical (unpaired) electrons. The second-order valence-electron chi connectivity index (χ2n) is 5.10. The third kappa shape index (κ3) is 2.99. The molecular weight excluding hydrogens is 397 g/mol. The smallest absolute Gasteiger partial charge is 0.198 e. The number of ketones is 1. The molecule has 0 spiro atoms. The van der Waals surface area contributed by atoms with Gasteiger partial charge in [-0.05, 0) is 37.3 Å². The first-order valence-electron chi connectivity index (χ1n) is 7.09. The standard InChI is InChI=1S/C17H12BrClFN3O/c1-10-21-22-16(9-18)23(10)15-7-6-11(19)8-13(15)17(24)12-4-2-3-5-14(12)20/h2-8H,9H2,1H3. The van der Waals surface area contributed by atoms with Gasteiger partial charge in [-0.15, -0.1) is 10.2 Å². The number of aryl methyl sites for hydroxylation is 1. The Balaban J connectivity index is 2.22. The van der Waals surface area contributed by atoms with Crippen molar-refractivity contribution in [2.75, 3.05) is 0 Å². The molecule has 0 aliphatic carbocycles. The van der Waals surface area contributed by atoms with E-state index >= 15 is 0 Å². The number of hydrogen-bond acceptors (Lipinski definition) is 3. The van der Waals surface area contributed by atoms with Gasteiger partial charge in [0.1, 0.15) is 17.5 Å². The van der Waals surface area contributed by atoms with Crippen LogP contribution < -0.4 is 0 Å². The minimum atomic E-state index is -0.574. The van der Waals surface area contributed by atoms with Crippen LogP contribution in [-0.2, 0) is 5.33 Å². The maximum absolute atomic E-state index is 14.0. The van der Waals surface area contributed by atoms with Crippen molar-refractivity contribution in [2.24, 2.45) is 0 Å². The van der Waals surface area contributed by atoms with Crippen LogP contribution >= 0.6 is 27.5 Å². The molecule has 7 heteroatoms. The molecule has 0 fully saturated rings. The van der Waals surface area contributed by atoms with E-state index in [-0.39, 0.29) is 11.1 Å². The highest BCUT2D eigenvalue weighted by Gasteiger charge is 2.21. The molecule has 3 aromatic rings. The number of hydrogen-bond donors (Lipinski definition) is 0. The molecule has 3 rings (SSSR count). The summed E-state index contributed by atoms with van der Waals surface area (Å²) < 4.78 is 15.8. The minimum absolute atomic E-state index is 0.00728. The maximum atomic E-state index is 14.0. The van der Waals surface area contributed by atoms with Crippen LogP contribution in [0.1, 0.15) is 27.6 Å². The van der Waals surface area contributed by atoms with Gasteiger partial charge >= 0.3 is 0 Å². The SMILES string of the molecule is Cc1nnc(CBr)n1-c1ccc(Cl)cc1C(=O)c1ccccc1F. The Hall–Kier alpha value is -2.05. The predicted octanol–water partition coefficient (Wildman–Crippen LogP) is 4.49. The van der Waals surface area contributed by atoms with Crippen molar-refractivity contribution in [3.63, 3.8) is 0 Å². The van der Waals surface area contributed by atoms with Crippen LogP contribution in [0.5, 0.6) is 0 Å². The van der Waals surface area contributed by atoms with Gasteiger partial charge in [0, 0.05) is 10.6 Å². The second kappa shape index (κ2) is 6.83. The van der Waals surface area contributed by atoms with Gasteiger partial charge in [0.15, 0.2) is 5.78 Å². The summed E-state index contributed by atoms with van der Waals surface area (Å²) in [4.78, 5) is 12.9. The lowest BCUT2D eigenvalue weighted by molar-refractivity contribution is 0.103. The Morgan fingerprint density at radius 2 is 1.96 bits per heavy atom. The topological polar surface area (TPSA) is 47.8 Å². The zero-order valence-corrected chi connectivity index (χ0v) is 15.0. The molecule has 0 aliphatic heterocycles. The van der Waals surface area contributed by atoms with Crippen LogP contribution in [0.25, 0.3) is 5.69 Å². The molecule has 0 unspecified atom stereocenters. The van der Waals surface area contributed by atoms with E-state index < -0.39 is 11.6 Å². The average Bonchev–Trinajstić information content (AvgIpc) is 2.95. The van der Waals surface area contributed by atoms with E-state index in [1.165, 1.54) is 24.3 Å². The number of carbonyl (C=O) groups excluding carboxylic acids is 1. The number of aromatic nitrogens is 3. The lowest BCUT2D eigenvalue weighted by Crippen LogP contribution is -2.11. The fourth-order valence-corrected chi connectivity index (χ4v) is 3.02. The Morgan fingerprint density at radius 1 is 1.21 bits per heavy atom. The van der Waals surface area contributed by atoms with Crippen LogP contribution in [0.3, 0.4) is 0 Å². The van der Waals surface area contributed by atoms with Gasteiger partial charge in [-0.3, -0.25) is 9.36 Å². The number of rotatable bonds is 4. The molecule has 1 heterocycles. The maximum Gasteiger partial charge on any atom is 0.198 e. The van der Waals surface area contributed by atoms with Gasteiger partial charge in [-0.2, -0.15) is 0 Å². The highest BCUT2D eigenvalue weighted by atomic mass is 79.9. The van der Waals surface area contributed by atoms with Crippen LogP contribution in [0.15, 0.2) is 42.5 Å². The predicted molar refractivity (Wildman–Crippen MR) is 93.6 cm³/mol. The Bertz CT molecular complexity index is 926. The van der Waals surface area contributed by atoms with E-state index in [0.717, 1.165) is 0 Å². The third-order valence-corrected chi connectivity index (χ3v) is 4.31. The third-order valence-electron chi connectivity index (χ3n) is 3.57. The van der Waals surface area contributed by atoms with E-state index in [0.29, 0.717) is 27.7 Å². The van der Waals surface area contributed by atoms with Gasteiger partial charge in [-0.25, -0.2) is 4.39 Å². The fourth-order valence-electron chi connectivity index (χ4n) is 2.48. The van der Waals surface area contributed by atoms with E-state index in [1.807, 2.05) is 0 Å². The van der Waals surface area contributed by atoms with Crippen molar-refractivity contribution in [1.82, 2.24) is 14.8 Å². The molecule has 0 bridgehead atoms. The number of halogens is 3. The van der Waals surface area contributed by atoms with Gasteiger partial charge in [0.2, 0.25) is 0 Å². The molecule has 2 aromatic carbocycles. The zero-order chi connectivity index (χ0) is 17.3. The second-order valence-corrected chi connectivity index (χ2v) is 6.10. The molecule has 0 N–H and O–H groups in total. The largest absolute Gasteiger partial charge is 0.288 e. The molecule has 0 aliphatic rings. The first kappa shape index (κ1) is 16.8. The highest BCUT2D eigenvalue weighted by Crippen LogP contribution is 2.26. The molecule has 0 saturated heterocycles. The normalized spacial score (nSPS) is 10.8. The van der Waals surface area contributed by atoms with Crippen molar-refractivity contribution in [3.05, 3.63) is 76.1 Å². The summed E-state index contributed by atoms with van der Waals surface area (Å²) in [6.07, 6.45) is 0. The fraction of sp³-hybridized carbons (Fsp3) is 0.118. The first-order valence-corrected chi connectivity index (χ1v) is 8.59. The quantitative estimate of drug-likeness (QED) is 0.472. The molecule has 1 aromatic heterocycles. The molecule has 4 nitrogen and oxygen atoms in total. The molecule has 122 valence electrons. The van der Waals surface area contributed by atoms with Crippen molar-refractivity contribution in [1.29, 1.82) is 0 Å². The zero-order valence-electron chi connectivity index (χ0n) is 12.6. The number of alkyl halides is 1. The molecule has 0 atom stereocenters. The van der Waals surface area contributed by atoms with Crippen LogP contribution in [0.2, 0.25) is 5.02 Å². The summed E-state index contributed by atoms with van der Waals surface area (Å²) in [5.74, 6) is 0.237. The van der Waals surface area contributed by atoms with Crippen molar-refractivity contribution >= 4 is 33.3 Å². The summed E-state index contributed by atoms with van der Waals surface area (Å²) in [7, 11) is 0. The van der Waals surface area contributed by atoms with E-state index in [4.69, 9.17) is 11.6 Å². The molecule has 24 heavy (non-hydrogen) atoms. The van der Waals surface area contributed by atoms with E-state index in [2.05, 4.69) is 26.1 Å². The molecule has 0 amide bonds. The van der Waals surface area contributed by atoms with Gasteiger partial charge in [0.25, 0.3) is 0 Å².